The molecule has 1 saturated heterocycles. The Kier molecular flexibility index (Phi) is 3.79. The largest absolute Gasteiger partial charge is 0.488 e. The van der Waals surface area contributed by atoms with Gasteiger partial charge in [0.2, 0.25) is 0 Å². The van der Waals surface area contributed by atoms with Crippen LogP contribution >= 0.6 is 0 Å². The molecule has 0 aliphatic carbocycles. The number of hydrogen-bond acceptors (Lipinski definition) is 2. The van der Waals surface area contributed by atoms with Crippen molar-refractivity contribution in [1.82, 2.24) is 10.2 Å². The van der Waals surface area contributed by atoms with Gasteiger partial charge in [0.05, 0.1) is 6.54 Å². The Morgan fingerprint density at radius 2 is 2.24 bits per heavy atom. The number of guanidine groups is 1. The Hall–Kier alpha value is -1.71. The van der Waals surface area contributed by atoms with Gasteiger partial charge in [-0.1, -0.05) is 32.0 Å². The molecule has 114 valence electrons. The van der Waals surface area contributed by atoms with Gasteiger partial charge in [-0.3, -0.25) is 4.99 Å². The van der Waals surface area contributed by atoms with Crippen LogP contribution < -0.4 is 10.1 Å². The number of likely N-dealkylation sites (tertiary alicyclic amines) is 1. The maximum Gasteiger partial charge on any atom is 0.193 e. The molecule has 2 heterocycles. The molecule has 2 aliphatic rings. The van der Waals surface area contributed by atoms with Crippen LogP contribution in [0.3, 0.4) is 0 Å². The fourth-order valence-electron chi connectivity index (χ4n) is 3.20. The molecule has 1 aromatic carbocycles. The van der Waals surface area contributed by atoms with E-state index in [1.165, 1.54) is 12.0 Å². The average molecular weight is 287 g/mol. The first kappa shape index (κ1) is 14.2. The second-order valence-electron chi connectivity index (χ2n) is 6.82. The van der Waals surface area contributed by atoms with Gasteiger partial charge in [0, 0.05) is 26.6 Å². The van der Waals surface area contributed by atoms with Gasteiger partial charge in [-0.2, -0.15) is 0 Å². The number of benzene rings is 1. The van der Waals surface area contributed by atoms with Gasteiger partial charge in [-0.05, 0) is 23.5 Å². The van der Waals surface area contributed by atoms with Crippen LogP contribution in [0.25, 0.3) is 0 Å². The summed E-state index contributed by atoms with van der Waals surface area (Å²) in [6.07, 6.45) is 2.40. The number of nitrogens with one attached hydrogen (secondary N) is 1. The molecule has 1 atom stereocenters. The van der Waals surface area contributed by atoms with Crippen molar-refractivity contribution in [3.8, 4) is 5.75 Å². The lowest BCUT2D eigenvalue weighted by molar-refractivity contribution is 0.233. The lowest BCUT2D eigenvalue weighted by atomic mass is 9.93. The zero-order valence-corrected chi connectivity index (χ0v) is 13.2. The summed E-state index contributed by atoms with van der Waals surface area (Å²) in [6, 6.07) is 8.30. The molecule has 0 amide bonds. The Morgan fingerprint density at radius 1 is 1.43 bits per heavy atom. The molecule has 1 aromatic rings. The van der Waals surface area contributed by atoms with Crippen LogP contribution in [0.2, 0.25) is 0 Å². The molecule has 21 heavy (non-hydrogen) atoms. The third-order valence-electron chi connectivity index (χ3n) is 4.39. The van der Waals surface area contributed by atoms with Gasteiger partial charge in [0.15, 0.2) is 5.96 Å². The standard InChI is InChI=1S/C17H25N3O/c1-17(2)8-9-20(12-17)16(18-3)19-11-14-10-13-6-4-5-7-15(13)21-14/h4-7,14H,8-12H2,1-3H3,(H,18,19). The fourth-order valence-corrected chi connectivity index (χ4v) is 3.20. The number of para-hydroxylation sites is 1. The fraction of sp³-hybridized carbons (Fsp3) is 0.588. The zero-order valence-electron chi connectivity index (χ0n) is 13.2. The molecule has 1 N–H and O–H groups in total. The first-order chi connectivity index (χ1) is 10.1. The topological polar surface area (TPSA) is 36.9 Å². The zero-order chi connectivity index (χ0) is 14.9. The first-order valence-corrected chi connectivity index (χ1v) is 7.77. The number of rotatable bonds is 2. The normalized spacial score (nSPS) is 23.9. The molecule has 0 aromatic heterocycles. The van der Waals surface area contributed by atoms with E-state index in [2.05, 4.69) is 41.2 Å². The van der Waals surface area contributed by atoms with Crippen LogP contribution in [0.15, 0.2) is 29.3 Å². The quantitative estimate of drug-likeness (QED) is 0.670. The summed E-state index contributed by atoms with van der Waals surface area (Å²) in [4.78, 5) is 6.77. The van der Waals surface area contributed by atoms with E-state index in [4.69, 9.17) is 4.74 Å². The van der Waals surface area contributed by atoms with Gasteiger partial charge in [-0.15, -0.1) is 0 Å². The number of aliphatic imine (C=N–C) groups is 1. The summed E-state index contributed by atoms with van der Waals surface area (Å²) >= 11 is 0. The van der Waals surface area contributed by atoms with Crippen LogP contribution in [-0.4, -0.2) is 43.6 Å². The van der Waals surface area contributed by atoms with E-state index in [0.29, 0.717) is 5.41 Å². The minimum absolute atomic E-state index is 0.203. The summed E-state index contributed by atoms with van der Waals surface area (Å²) in [6.45, 7) is 7.59. The second kappa shape index (κ2) is 5.58. The van der Waals surface area contributed by atoms with Crippen molar-refractivity contribution in [3.05, 3.63) is 29.8 Å². The van der Waals surface area contributed by atoms with Gasteiger partial charge in [-0.25, -0.2) is 0 Å². The van der Waals surface area contributed by atoms with Crippen molar-refractivity contribution in [2.24, 2.45) is 10.4 Å². The minimum Gasteiger partial charge on any atom is -0.488 e. The highest BCUT2D eigenvalue weighted by Gasteiger charge is 2.31. The monoisotopic (exact) mass is 287 g/mol. The molecule has 2 aliphatic heterocycles. The Labute approximate surface area is 127 Å². The van der Waals surface area contributed by atoms with Crippen LogP contribution in [-0.2, 0) is 6.42 Å². The summed E-state index contributed by atoms with van der Waals surface area (Å²) < 4.78 is 5.97. The van der Waals surface area contributed by atoms with E-state index in [9.17, 15) is 0 Å². The Morgan fingerprint density at radius 3 is 2.90 bits per heavy atom. The molecule has 0 bridgehead atoms. The van der Waals surface area contributed by atoms with Gasteiger partial charge in [0.1, 0.15) is 11.9 Å². The minimum atomic E-state index is 0.203. The van der Waals surface area contributed by atoms with Crippen LogP contribution in [0.5, 0.6) is 5.75 Å². The number of ether oxygens (including phenoxy) is 1. The summed E-state index contributed by atoms with van der Waals surface area (Å²) in [5, 5.41) is 3.48. The third-order valence-corrected chi connectivity index (χ3v) is 4.39. The van der Waals surface area contributed by atoms with E-state index < -0.39 is 0 Å². The lowest BCUT2D eigenvalue weighted by Gasteiger charge is -2.24. The summed E-state index contributed by atoms with van der Waals surface area (Å²) in [7, 11) is 1.86. The smallest absolute Gasteiger partial charge is 0.193 e. The highest BCUT2D eigenvalue weighted by atomic mass is 16.5. The van der Waals surface area contributed by atoms with Gasteiger partial charge >= 0.3 is 0 Å². The van der Waals surface area contributed by atoms with Gasteiger partial charge < -0.3 is 15.0 Å². The van der Waals surface area contributed by atoms with Crippen molar-refractivity contribution < 1.29 is 4.74 Å². The van der Waals surface area contributed by atoms with Crippen LogP contribution in [0.4, 0.5) is 0 Å². The van der Waals surface area contributed by atoms with Crippen molar-refractivity contribution in [2.45, 2.75) is 32.8 Å². The molecular weight excluding hydrogens is 262 g/mol. The highest BCUT2D eigenvalue weighted by molar-refractivity contribution is 5.80. The number of hydrogen-bond donors (Lipinski definition) is 1. The van der Waals surface area contributed by atoms with E-state index in [-0.39, 0.29) is 6.10 Å². The maximum absolute atomic E-state index is 5.97. The van der Waals surface area contributed by atoms with Crippen molar-refractivity contribution in [3.63, 3.8) is 0 Å². The molecule has 4 nitrogen and oxygen atoms in total. The molecule has 1 unspecified atom stereocenters. The number of nitrogens with zero attached hydrogens (tertiary/aromatic N) is 2. The van der Waals surface area contributed by atoms with Crippen molar-refractivity contribution in [1.29, 1.82) is 0 Å². The second-order valence-corrected chi connectivity index (χ2v) is 6.82. The molecule has 0 saturated carbocycles. The van der Waals surface area contributed by atoms with E-state index in [0.717, 1.165) is 37.8 Å². The molecule has 4 heteroatoms. The molecule has 3 rings (SSSR count). The number of fused-ring (bicyclic) bond motifs is 1. The maximum atomic E-state index is 5.97. The predicted molar refractivity (Wildman–Crippen MR) is 85.9 cm³/mol. The predicted octanol–water partition coefficient (Wildman–Crippen LogP) is 2.30. The Bertz CT molecular complexity index is 514. The SMILES string of the molecule is CN=C(NCC1Cc2ccccc2O1)N1CCC(C)(C)C1. The average Bonchev–Trinajstić information content (AvgIpc) is 3.02. The molecular formula is C17H25N3O. The summed E-state index contributed by atoms with van der Waals surface area (Å²) in [5.74, 6) is 2.03. The lowest BCUT2D eigenvalue weighted by Crippen LogP contribution is -2.44. The molecule has 0 spiro atoms. The van der Waals surface area contributed by atoms with Gasteiger partial charge in [0.25, 0.3) is 0 Å². The van der Waals surface area contributed by atoms with E-state index in [1.54, 1.807) is 0 Å². The first-order valence-electron chi connectivity index (χ1n) is 7.77. The third kappa shape index (κ3) is 3.14. The van der Waals surface area contributed by atoms with Crippen molar-refractivity contribution in [2.75, 3.05) is 26.7 Å². The van der Waals surface area contributed by atoms with Crippen LogP contribution in [0, 0.1) is 5.41 Å². The van der Waals surface area contributed by atoms with E-state index in [1.807, 2.05) is 19.2 Å². The van der Waals surface area contributed by atoms with Crippen LogP contribution in [0.1, 0.15) is 25.8 Å². The molecule has 1 fully saturated rings. The van der Waals surface area contributed by atoms with Crippen molar-refractivity contribution >= 4 is 5.96 Å². The molecule has 0 radical (unpaired) electrons. The van der Waals surface area contributed by atoms with E-state index >= 15 is 0 Å². The Balaban J connectivity index is 1.54. The summed E-state index contributed by atoms with van der Waals surface area (Å²) in [5.41, 5.74) is 1.69. The highest BCUT2D eigenvalue weighted by Crippen LogP contribution is 2.29.